The van der Waals surface area contributed by atoms with Crippen molar-refractivity contribution in [3.8, 4) is 5.75 Å². The second-order valence-corrected chi connectivity index (χ2v) is 7.72. The van der Waals surface area contributed by atoms with Gasteiger partial charge in [0.15, 0.2) is 0 Å². The molecule has 0 radical (unpaired) electrons. The van der Waals surface area contributed by atoms with E-state index in [-0.39, 0.29) is 0 Å². The Hall–Kier alpha value is -1.84. The molecule has 2 aromatic carbocycles. The smallest absolute Gasteiger partial charge is 0.139 e. The van der Waals surface area contributed by atoms with E-state index in [1.54, 1.807) is 7.11 Å². The van der Waals surface area contributed by atoms with Gasteiger partial charge in [0.05, 0.1) is 20.2 Å². The van der Waals surface area contributed by atoms with E-state index in [4.69, 9.17) is 4.74 Å². The van der Waals surface area contributed by atoms with Crippen LogP contribution < -0.4 is 15.0 Å². The van der Waals surface area contributed by atoms with E-state index in [0.717, 1.165) is 24.1 Å². The second-order valence-electron chi connectivity index (χ2n) is 7.72. The lowest BCUT2D eigenvalue weighted by Crippen LogP contribution is -3.20. The average Bonchev–Trinajstić information content (AvgIpc) is 2.69. The van der Waals surface area contributed by atoms with Gasteiger partial charge in [-0.05, 0) is 29.8 Å². The molecule has 0 saturated carbocycles. The van der Waals surface area contributed by atoms with Crippen LogP contribution in [0.5, 0.6) is 5.75 Å². The summed E-state index contributed by atoms with van der Waals surface area (Å²) in [5.41, 5.74) is 2.84. The van der Waals surface area contributed by atoms with Crippen LogP contribution in [-0.2, 0) is 6.42 Å². The minimum atomic E-state index is 0.484. The quantitative estimate of drug-likeness (QED) is 0.815. The molecule has 3 heteroatoms. The Kier molecular flexibility index (Phi) is 5.04. The fourth-order valence-corrected chi connectivity index (χ4v) is 4.72. The molecular formula is C22H30N2O+2. The van der Waals surface area contributed by atoms with Gasteiger partial charge < -0.3 is 15.0 Å². The van der Waals surface area contributed by atoms with Crippen LogP contribution in [0.4, 0.5) is 0 Å². The van der Waals surface area contributed by atoms with Crippen molar-refractivity contribution in [1.82, 2.24) is 0 Å². The van der Waals surface area contributed by atoms with Gasteiger partial charge in [0.2, 0.25) is 0 Å². The van der Waals surface area contributed by atoms with Crippen molar-refractivity contribution in [3.63, 3.8) is 0 Å². The zero-order valence-corrected chi connectivity index (χ0v) is 15.2. The largest absolute Gasteiger partial charge is 0.497 e. The number of hydrogen-bond acceptors (Lipinski definition) is 1. The molecule has 132 valence electrons. The molecule has 3 aliphatic heterocycles. The van der Waals surface area contributed by atoms with Gasteiger partial charge in [0.25, 0.3) is 0 Å². The van der Waals surface area contributed by atoms with Crippen LogP contribution in [0.25, 0.3) is 0 Å². The first-order valence-electron chi connectivity index (χ1n) is 9.68. The molecule has 2 aromatic rings. The number of rotatable bonds is 6. The number of piperidine rings is 3. The fourth-order valence-electron chi connectivity index (χ4n) is 4.72. The third kappa shape index (κ3) is 3.88. The van der Waals surface area contributed by atoms with Gasteiger partial charge in [0, 0.05) is 30.7 Å². The summed E-state index contributed by atoms with van der Waals surface area (Å²) in [4.78, 5) is 1.82. The van der Waals surface area contributed by atoms with Crippen molar-refractivity contribution in [2.45, 2.75) is 31.3 Å². The summed E-state index contributed by atoms with van der Waals surface area (Å²) in [6.07, 6.45) is 3.92. The SMILES string of the molecule is COc1ccc([C@H](Cc2ccccc2)[NH2+][C@@H]2C[NH+]3CCC2CC3)cc1. The second kappa shape index (κ2) is 7.59. The van der Waals surface area contributed by atoms with Crippen LogP contribution in [0.15, 0.2) is 54.6 Å². The minimum Gasteiger partial charge on any atom is -0.497 e. The Balaban J connectivity index is 1.54. The molecule has 0 amide bonds. The fraction of sp³-hybridized carbons (Fsp3) is 0.455. The van der Waals surface area contributed by atoms with Gasteiger partial charge in [-0.2, -0.15) is 0 Å². The summed E-state index contributed by atoms with van der Waals surface area (Å²) in [7, 11) is 1.73. The number of nitrogens with two attached hydrogens (primary N) is 1. The first kappa shape index (κ1) is 16.6. The van der Waals surface area contributed by atoms with E-state index < -0.39 is 0 Å². The Morgan fingerprint density at radius 3 is 2.36 bits per heavy atom. The Bertz CT molecular complexity index is 662. The topological polar surface area (TPSA) is 30.3 Å². The van der Waals surface area contributed by atoms with Crippen LogP contribution in [0, 0.1) is 5.92 Å². The number of ether oxygens (including phenoxy) is 1. The lowest BCUT2D eigenvalue weighted by Gasteiger charge is -2.41. The maximum absolute atomic E-state index is 5.34. The van der Waals surface area contributed by atoms with Gasteiger partial charge in [-0.1, -0.05) is 30.3 Å². The number of quaternary nitrogens is 2. The van der Waals surface area contributed by atoms with Crippen LogP contribution in [0.2, 0.25) is 0 Å². The molecular weight excluding hydrogens is 308 g/mol. The zero-order valence-electron chi connectivity index (χ0n) is 15.2. The van der Waals surface area contributed by atoms with Crippen molar-refractivity contribution in [2.24, 2.45) is 5.92 Å². The van der Waals surface area contributed by atoms with Crippen molar-refractivity contribution >= 4 is 0 Å². The van der Waals surface area contributed by atoms with E-state index in [2.05, 4.69) is 59.9 Å². The molecule has 3 nitrogen and oxygen atoms in total. The van der Waals surface area contributed by atoms with Gasteiger partial charge in [-0.15, -0.1) is 0 Å². The molecule has 0 spiro atoms. The first-order chi connectivity index (χ1) is 12.3. The van der Waals surface area contributed by atoms with Crippen LogP contribution >= 0.6 is 0 Å². The van der Waals surface area contributed by atoms with Gasteiger partial charge >= 0.3 is 0 Å². The maximum Gasteiger partial charge on any atom is 0.139 e. The average molecular weight is 338 g/mol. The van der Waals surface area contributed by atoms with E-state index in [1.807, 2.05) is 4.90 Å². The Labute approximate surface area is 151 Å². The molecule has 0 unspecified atom stereocenters. The zero-order chi connectivity index (χ0) is 17.1. The van der Waals surface area contributed by atoms with Crippen molar-refractivity contribution in [3.05, 3.63) is 65.7 Å². The van der Waals surface area contributed by atoms with E-state index in [9.17, 15) is 0 Å². The highest BCUT2D eigenvalue weighted by atomic mass is 16.5. The number of methoxy groups -OCH3 is 1. The molecule has 3 saturated heterocycles. The highest BCUT2D eigenvalue weighted by Crippen LogP contribution is 2.21. The normalized spacial score (nSPS) is 26.4. The molecule has 3 heterocycles. The molecule has 0 aliphatic carbocycles. The van der Waals surface area contributed by atoms with E-state index >= 15 is 0 Å². The maximum atomic E-state index is 5.34. The molecule has 2 bridgehead atoms. The summed E-state index contributed by atoms with van der Waals surface area (Å²) >= 11 is 0. The number of hydrogen-bond donors (Lipinski definition) is 2. The summed E-state index contributed by atoms with van der Waals surface area (Å²) in [5, 5.41) is 2.68. The summed E-state index contributed by atoms with van der Waals surface area (Å²) in [6, 6.07) is 20.9. The predicted molar refractivity (Wildman–Crippen MR) is 99.9 cm³/mol. The van der Waals surface area contributed by atoms with Crippen LogP contribution in [-0.4, -0.2) is 32.8 Å². The molecule has 3 N–H and O–H groups in total. The molecule has 25 heavy (non-hydrogen) atoms. The van der Waals surface area contributed by atoms with E-state index in [1.165, 1.54) is 43.6 Å². The Morgan fingerprint density at radius 2 is 1.76 bits per heavy atom. The van der Waals surface area contributed by atoms with Crippen LogP contribution in [0.1, 0.15) is 30.0 Å². The highest BCUT2D eigenvalue weighted by molar-refractivity contribution is 5.29. The summed E-state index contributed by atoms with van der Waals surface area (Å²) in [5.74, 6) is 1.85. The first-order valence-corrected chi connectivity index (χ1v) is 9.68. The third-order valence-electron chi connectivity index (χ3n) is 6.19. The highest BCUT2D eigenvalue weighted by Gasteiger charge is 2.41. The predicted octanol–water partition coefficient (Wildman–Crippen LogP) is 1.22. The monoisotopic (exact) mass is 338 g/mol. The third-order valence-corrected chi connectivity index (χ3v) is 6.19. The summed E-state index contributed by atoms with van der Waals surface area (Å²) < 4.78 is 5.34. The lowest BCUT2D eigenvalue weighted by molar-refractivity contribution is -0.945. The number of benzene rings is 2. The molecule has 5 rings (SSSR count). The van der Waals surface area contributed by atoms with Crippen molar-refractivity contribution < 1.29 is 15.0 Å². The molecule has 3 fully saturated rings. The van der Waals surface area contributed by atoms with Gasteiger partial charge in [0.1, 0.15) is 24.4 Å². The van der Waals surface area contributed by atoms with Crippen molar-refractivity contribution in [1.29, 1.82) is 0 Å². The standard InChI is InChI=1S/C22H28N2O/c1-25-20-9-7-18(8-10-20)21(15-17-5-3-2-4-6-17)23-22-16-24-13-11-19(22)12-14-24/h2-10,19,21-23H,11-16H2,1H3/p+2/t21-,22+/m0/s1. The van der Waals surface area contributed by atoms with Gasteiger partial charge in [-0.3, -0.25) is 0 Å². The molecule has 0 aromatic heterocycles. The summed E-state index contributed by atoms with van der Waals surface area (Å²) in [6.45, 7) is 4.12. The van der Waals surface area contributed by atoms with E-state index in [0.29, 0.717) is 6.04 Å². The molecule has 3 aliphatic rings. The van der Waals surface area contributed by atoms with Crippen molar-refractivity contribution in [2.75, 3.05) is 26.7 Å². The molecule has 2 atom stereocenters. The minimum absolute atomic E-state index is 0.484. The Morgan fingerprint density at radius 1 is 1.04 bits per heavy atom. The van der Waals surface area contributed by atoms with Gasteiger partial charge in [-0.25, -0.2) is 0 Å². The number of fused-ring (bicyclic) bond motifs is 3. The number of nitrogens with one attached hydrogen (secondary N) is 1. The lowest BCUT2D eigenvalue weighted by atomic mass is 9.83. The van der Waals surface area contributed by atoms with Crippen LogP contribution in [0.3, 0.4) is 0 Å².